The highest BCUT2D eigenvalue weighted by Crippen LogP contribution is 2.45. The van der Waals surface area contributed by atoms with Crippen molar-refractivity contribution in [3.8, 4) is 16.8 Å². The zero-order valence-corrected chi connectivity index (χ0v) is 21.9. The van der Waals surface area contributed by atoms with Gasteiger partial charge in [0.2, 0.25) is 0 Å². The van der Waals surface area contributed by atoms with E-state index in [1.807, 2.05) is 30.9 Å². The lowest BCUT2D eigenvalue weighted by atomic mass is 9.98. The number of rotatable bonds is 1. The molecule has 0 atom stereocenters. The minimum atomic E-state index is 0.930. The van der Waals surface area contributed by atoms with Crippen molar-refractivity contribution in [3.05, 3.63) is 127 Å². The van der Waals surface area contributed by atoms with Crippen LogP contribution in [0.4, 0.5) is 0 Å². The summed E-state index contributed by atoms with van der Waals surface area (Å²) >= 11 is 0. The first-order valence-corrected chi connectivity index (χ1v) is 13.9. The molecule has 0 amide bonds. The van der Waals surface area contributed by atoms with Crippen molar-refractivity contribution >= 4 is 60.2 Å². The highest BCUT2D eigenvalue weighted by atomic mass is 15.0. The van der Waals surface area contributed by atoms with E-state index in [1.54, 1.807) is 0 Å². The summed E-state index contributed by atoms with van der Waals surface area (Å²) in [6, 6.07) is 33.0. The number of hydrogen-bond donors (Lipinski definition) is 0. The summed E-state index contributed by atoms with van der Waals surface area (Å²) < 4.78 is 4.64. The van der Waals surface area contributed by atoms with Crippen LogP contribution in [-0.2, 0) is 6.42 Å². The summed E-state index contributed by atoms with van der Waals surface area (Å²) in [6.07, 6.45) is 8.52. The average molecular weight is 524 g/mol. The number of para-hydroxylation sites is 1. The quantitative estimate of drug-likeness (QED) is 0.204. The molecular weight excluding hydrogens is 502 g/mol. The third-order valence-corrected chi connectivity index (χ3v) is 8.87. The Morgan fingerprint density at radius 1 is 0.561 bits per heavy atom. The summed E-state index contributed by atoms with van der Waals surface area (Å²) in [4.78, 5) is 14.1. The van der Waals surface area contributed by atoms with Gasteiger partial charge in [-0.05, 0) is 77.2 Å². The van der Waals surface area contributed by atoms with Gasteiger partial charge in [0, 0.05) is 45.0 Å². The van der Waals surface area contributed by atoms with E-state index in [1.165, 1.54) is 49.4 Å². The number of nitrogens with zero attached hydrogens (tertiary/aromatic N) is 5. The molecule has 10 rings (SSSR count). The molecular formula is C36H21N5. The topological polar surface area (TPSA) is 48.0 Å². The van der Waals surface area contributed by atoms with E-state index in [2.05, 4.69) is 104 Å². The molecule has 5 heterocycles. The first-order valence-electron chi connectivity index (χ1n) is 13.9. The summed E-state index contributed by atoms with van der Waals surface area (Å²) in [7, 11) is 0. The maximum absolute atomic E-state index is 5.12. The van der Waals surface area contributed by atoms with E-state index in [4.69, 9.17) is 4.98 Å². The molecule has 9 aromatic rings. The Labute approximate surface area is 234 Å². The zero-order valence-electron chi connectivity index (χ0n) is 21.9. The van der Waals surface area contributed by atoms with Crippen LogP contribution in [0, 0.1) is 0 Å². The van der Waals surface area contributed by atoms with Crippen LogP contribution in [0.3, 0.4) is 0 Å². The Kier molecular flexibility index (Phi) is 3.92. The van der Waals surface area contributed by atoms with Gasteiger partial charge < -0.3 is 4.57 Å². The second-order valence-corrected chi connectivity index (χ2v) is 10.9. The van der Waals surface area contributed by atoms with Gasteiger partial charge in [-0.3, -0.25) is 14.4 Å². The van der Waals surface area contributed by atoms with Crippen LogP contribution in [0.25, 0.3) is 77.0 Å². The highest BCUT2D eigenvalue weighted by molar-refractivity contribution is 6.30. The van der Waals surface area contributed by atoms with Crippen molar-refractivity contribution in [1.29, 1.82) is 0 Å². The van der Waals surface area contributed by atoms with Crippen LogP contribution in [-0.4, -0.2) is 23.9 Å². The maximum atomic E-state index is 5.12. The van der Waals surface area contributed by atoms with Crippen LogP contribution < -0.4 is 0 Å². The van der Waals surface area contributed by atoms with E-state index < -0.39 is 0 Å². The Bertz CT molecular complexity index is 2550. The first kappa shape index (κ1) is 21.3. The minimum absolute atomic E-state index is 0.930. The molecule has 0 radical (unpaired) electrons. The molecule has 190 valence electrons. The van der Waals surface area contributed by atoms with E-state index in [0.717, 1.165) is 45.1 Å². The molecule has 4 aromatic carbocycles. The predicted molar refractivity (Wildman–Crippen MR) is 166 cm³/mol. The summed E-state index contributed by atoms with van der Waals surface area (Å²) in [5, 5.41) is 6.02. The lowest BCUT2D eigenvalue weighted by Gasteiger charge is -2.11. The minimum Gasteiger partial charge on any atom is -0.309 e. The van der Waals surface area contributed by atoms with E-state index in [-0.39, 0.29) is 0 Å². The van der Waals surface area contributed by atoms with Gasteiger partial charge in [0.05, 0.1) is 40.0 Å². The lowest BCUT2D eigenvalue weighted by Crippen LogP contribution is -1.95. The fraction of sp³-hybridized carbons (Fsp3) is 0.0278. The lowest BCUT2D eigenvalue weighted by molar-refractivity contribution is 1.18. The molecule has 0 unspecified atom stereocenters. The number of pyridine rings is 3. The Morgan fingerprint density at radius 3 is 2.32 bits per heavy atom. The van der Waals surface area contributed by atoms with Crippen molar-refractivity contribution in [2.75, 3.05) is 0 Å². The van der Waals surface area contributed by atoms with E-state index >= 15 is 0 Å². The molecule has 5 nitrogen and oxygen atoms in total. The number of benzene rings is 4. The first-order chi connectivity index (χ1) is 20.3. The van der Waals surface area contributed by atoms with Crippen LogP contribution in [0.2, 0.25) is 0 Å². The average Bonchev–Trinajstić information content (AvgIpc) is 3.69. The van der Waals surface area contributed by atoms with Gasteiger partial charge >= 0.3 is 0 Å². The van der Waals surface area contributed by atoms with Crippen LogP contribution in [0.15, 0.2) is 116 Å². The van der Waals surface area contributed by atoms with Gasteiger partial charge in [-0.25, -0.2) is 4.98 Å². The van der Waals surface area contributed by atoms with Crippen molar-refractivity contribution in [2.45, 2.75) is 6.42 Å². The molecule has 0 aliphatic heterocycles. The second-order valence-electron chi connectivity index (χ2n) is 10.9. The predicted octanol–water partition coefficient (Wildman–Crippen LogP) is 8.25. The largest absolute Gasteiger partial charge is 0.309 e. The second kappa shape index (κ2) is 7.55. The van der Waals surface area contributed by atoms with Crippen LogP contribution >= 0.6 is 0 Å². The fourth-order valence-corrected chi connectivity index (χ4v) is 7.18. The molecule has 5 heteroatoms. The van der Waals surface area contributed by atoms with Crippen LogP contribution in [0.5, 0.6) is 0 Å². The monoisotopic (exact) mass is 523 g/mol. The molecule has 1 aliphatic carbocycles. The van der Waals surface area contributed by atoms with Crippen molar-refractivity contribution in [1.82, 2.24) is 23.9 Å². The number of imidazole rings is 1. The Morgan fingerprint density at radius 2 is 1.39 bits per heavy atom. The molecule has 0 N–H and O–H groups in total. The van der Waals surface area contributed by atoms with Crippen molar-refractivity contribution < 1.29 is 0 Å². The molecule has 5 aromatic heterocycles. The SMILES string of the molecule is c1ccc(-n2c3cc4c(cc3c3c5c6ccncc6n6c7cnccc7nc6c5ccc32)Cc2ccccc2-4)cc1. The smallest absolute Gasteiger partial charge is 0.146 e. The number of aromatic nitrogens is 5. The van der Waals surface area contributed by atoms with Gasteiger partial charge in [-0.15, -0.1) is 0 Å². The van der Waals surface area contributed by atoms with Crippen molar-refractivity contribution in [3.63, 3.8) is 0 Å². The molecule has 0 saturated heterocycles. The third-order valence-electron chi connectivity index (χ3n) is 8.87. The Hall–Kier alpha value is -5.55. The molecule has 0 spiro atoms. The summed E-state index contributed by atoms with van der Waals surface area (Å²) in [5.74, 6) is 0. The standard InChI is InChI=1S/C36H21N5/c1-2-7-23(8-3-1)40-30-11-10-26-34(25-12-14-37-19-32(25)41-33-20-38-15-13-29(33)39-36(26)41)35(30)28-17-22-16-21-6-4-5-9-24(21)27(22)18-31(28)40/h1-15,17-20H,16H2. The summed E-state index contributed by atoms with van der Waals surface area (Å²) in [6.45, 7) is 0. The Balaban J connectivity index is 1.47. The number of fused-ring (bicyclic) bond motifs is 15. The van der Waals surface area contributed by atoms with E-state index in [9.17, 15) is 0 Å². The molecule has 0 fully saturated rings. The maximum Gasteiger partial charge on any atom is 0.146 e. The normalized spacial score (nSPS) is 12.8. The zero-order chi connectivity index (χ0) is 26.7. The van der Waals surface area contributed by atoms with Gasteiger partial charge in [-0.2, -0.15) is 0 Å². The molecule has 0 saturated carbocycles. The molecule has 41 heavy (non-hydrogen) atoms. The molecule has 1 aliphatic rings. The number of hydrogen-bond acceptors (Lipinski definition) is 3. The van der Waals surface area contributed by atoms with E-state index in [0.29, 0.717) is 0 Å². The summed E-state index contributed by atoms with van der Waals surface area (Å²) in [5.41, 5.74) is 12.9. The van der Waals surface area contributed by atoms with Gasteiger partial charge in [0.25, 0.3) is 0 Å². The third kappa shape index (κ3) is 2.68. The highest BCUT2D eigenvalue weighted by Gasteiger charge is 2.24. The van der Waals surface area contributed by atoms with Gasteiger partial charge in [0.1, 0.15) is 5.65 Å². The van der Waals surface area contributed by atoms with Gasteiger partial charge in [-0.1, -0.05) is 42.5 Å². The van der Waals surface area contributed by atoms with Crippen molar-refractivity contribution in [2.24, 2.45) is 0 Å². The van der Waals surface area contributed by atoms with Crippen LogP contribution in [0.1, 0.15) is 11.1 Å². The van der Waals surface area contributed by atoms with Gasteiger partial charge in [0.15, 0.2) is 0 Å². The fourth-order valence-electron chi connectivity index (χ4n) is 7.18. The molecule has 0 bridgehead atoms.